The van der Waals surface area contributed by atoms with Crippen LogP contribution in [0.1, 0.15) is 22.3 Å². The number of halogens is 1. The van der Waals surface area contributed by atoms with Crippen molar-refractivity contribution in [1.82, 2.24) is 15.2 Å². The highest BCUT2D eigenvalue weighted by molar-refractivity contribution is 5.98. The molecule has 0 aliphatic carbocycles. The van der Waals surface area contributed by atoms with E-state index in [9.17, 15) is 9.18 Å². The SMILES string of the molecule is CN(C)[C@@H](CNC(=O)c1cc2c(F)cccc2[nH]1)c1ccco1. The van der Waals surface area contributed by atoms with Gasteiger partial charge >= 0.3 is 0 Å². The number of carbonyl (C=O) groups is 1. The predicted molar refractivity (Wildman–Crippen MR) is 85.7 cm³/mol. The molecule has 2 heterocycles. The first kappa shape index (κ1) is 15.3. The number of fused-ring (bicyclic) bond motifs is 1. The van der Waals surface area contributed by atoms with E-state index in [1.165, 1.54) is 12.1 Å². The van der Waals surface area contributed by atoms with Crippen LogP contribution in [0.15, 0.2) is 47.1 Å². The molecule has 0 radical (unpaired) electrons. The van der Waals surface area contributed by atoms with Gasteiger partial charge in [0.1, 0.15) is 17.3 Å². The van der Waals surface area contributed by atoms with E-state index in [-0.39, 0.29) is 17.8 Å². The number of aromatic nitrogens is 1. The van der Waals surface area contributed by atoms with Crippen molar-refractivity contribution in [1.29, 1.82) is 0 Å². The fourth-order valence-electron chi connectivity index (χ4n) is 2.54. The molecule has 0 saturated heterocycles. The number of hydrogen-bond donors (Lipinski definition) is 2. The van der Waals surface area contributed by atoms with Crippen molar-refractivity contribution in [2.45, 2.75) is 6.04 Å². The summed E-state index contributed by atoms with van der Waals surface area (Å²) in [5.41, 5.74) is 0.937. The summed E-state index contributed by atoms with van der Waals surface area (Å²) in [7, 11) is 3.83. The molecule has 120 valence electrons. The van der Waals surface area contributed by atoms with Crippen molar-refractivity contribution in [2.75, 3.05) is 20.6 Å². The zero-order chi connectivity index (χ0) is 16.4. The van der Waals surface area contributed by atoms with Crippen molar-refractivity contribution < 1.29 is 13.6 Å². The molecule has 0 fully saturated rings. The van der Waals surface area contributed by atoms with Crippen LogP contribution in [0.5, 0.6) is 0 Å². The van der Waals surface area contributed by atoms with Crippen LogP contribution in [0.3, 0.4) is 0 Å². The van der Waals surface area contributed by atoms with E-state index in [1.54, 1.807) is 18.4 Å². The topological polar surface area (TPSA) is 61.3 Å². The molecule has 0 aliphatic rings. The minimum atomic E-state index is -0.348. The molecule has 6 heteroatoms. The lowest BCUT2D eigenvalue weighted by atomic mass is 10.2. The Morgan fingerprint density at radius 3 is 2.83 bits per heavy atom. The normalized spacial score (nSPS) is 12.7. The van der Waals surface area contributed by atoms with E-state index >= 15 is 0 Å². The molecule has 0 aliphatic heterocycles. The highest BCUT2D eigenvalue weighted by Crippen LogP contribution is 2.20. The molecular formula is C17H18FN3O2. The molecule has 0 bridgehead atoms. The number of aromatic amines is 1. The standard InChI is InChI=1S/C17H18FN3O2/c1-21(2)15(16-7-4-8-23-16)10-19-17(22)14-9-11-12(18)5-3-6-13(11)20-14/h3-9,15,20H,10H2,1-2H3,(H,19,22)/t15-/m0/s1. The van der Waals surface area contributed by atoms with Gasteiger partial charge in [0, 0.05) is 17.4 Å². The van der Waals surface area contributed by atoms with E-state index in [0.717, 1.165) is 5.76 Å². The third-order valence-electron chi connectivity index (χ3n) is 3.81. The van der Waals surface area contributed by atoms with Gasteiger partial charge in [0.2, 0.25) is 0 Å². The third-order valence-corrected chi connectivity index (χ3v) is 3.81. The van der Waals surface area contributed by atoms with E-state index in [0.29, 0.717) is 23.1 Å². The van der Waals surface area contributed by atoms with Crippen molar-refractivity contribution in [2.24, 2.45) is 0 Å². The molecule has 2 N–H and O–H groups in total. The fraction of sp³-hybridized carbons (Fsp3) is 0.235. The van der Waals surface area contributed by atoms with Gasteiger partial charge in [-0.05, 0) is 44.4 Å². The van der Waals surface area contributed by atoms with Crippen LogP contribution in [0.2, 0.25) is 0 Å². The molecule has 1 atom stereocenters. The lowest BCUT2D eigenvalue weighted by Gasteiger charge is -2.22. The van der Waals surface area contributed by atoms with Crippen LogP contribution in [-0.2, 0) is 0 Å². The van der Waals surface area contributed by atoms with E-state index < -0.39 is 0 Å². The quantitative estimate of drug-likeness (QED) is 0.761. The largest absolute Gasteiger partial charge is 0.468 e. The average Bonchev–Trinajstić information content (AvgIpc) is 3.16. The molecule has 5 nitrogen and oxygen atoms in total. The first-order valence-electron chi connectivity index (χ1n) is 7.31. The Labute approximate surface area is 133 Å². The van der Waals surface area contributed by atoms with Crippen molar-refractivity contribution in [3.05, 3.63) is 59.9 Å². The minimum Gasteiger partial charge on any atom is -0.468 e. The van der Waals surface area contributed by atoms with Gasteiger partial charge in [-0.25, -0.2) is 4.39 Å². The Kier molecular flexibility index (Phi) is 4.16. The molecular weight excluding hydrogens is 297 g/mol. The number of nitrogens with zero attached hydrogens (tertiary/aromatic N) is 1. The van der Waals surface area contributed by atoms with E-state index in [2.05, 4.69) is 10.3 Å². The summed E-state index contributed by atoms with van der Waals surface area (Å²) >= 11 is 0. The molecule has 0 unspecified atom stereocenters. The molecule has 2 aromatic heterocycles. The van der Waals surface area contributed by atoms with Gasteiger partial charge in [-0.2, -0.15) is 0 Å². The number of likely N-dealkylation sites (N-methyl/N-ethyl adjacent to an activating group) is 1. The summed E-state index contributed by atoms with van der Waals surface area (Å²) in [6.45, 7) is 0.386. The Morgan fingerprint density at radius 1 is 1.35 bits per heavy atom. The summed E-state index contributed by atoms with van der Waals surface area (Å²) in [6, 6.07) is 9.85. The van der Waals surface area contributed by atoms with Crippen LogP contribution < -0.4 is 5.32 Å². The Balaban J connectivity index is 1.74. The molecule has 3 aromatic rings. The molecule has 0 saturated carbocycles. The number of amides is 1. The second-order valence-corrected chi connectivity index (χ2v) is 5.59. The first-order valence-corrected chi connectivity index (χ1v) is 7.31. The van der Waals surface area contributed by atoms with Gasteiger partial charge in [-0.3, -0.25) is 9.69 Å². The summed E-state index contributed by atoms with van der Waals surface area (Å²) in [5, 5.41) is 3.26. The van der Waals surface area contributed by atoms with Gasteiger partial charge in [-0.1, -0.05) is 6.07 Å². The number of carbonyl (C=O) groups excluding carboxylic acids is 1. The van der Waals surface area contributed by atoms with Crippen molar-refractivity contribution in [3.63, 3.8) is 0 Å². The van der Waals surface area contributed by atoms with Gasteiger partial charge < -0.3 is 14.7 Å². The highest BCUT2D eigenvalue weighted by atomic mass is 19.1. The van der Waals surface area contributed by atoms with Gasteiger partial charge in [0.15, 0.2) is 0 Å². The minimum absolute atomic E-state index is 0.0740. The summed E-state index contributed by atoms with van der Waals surface area (Å²) in [4.78, 5) is 17.2. The monoisotopic (exact) mass is 315 g/mol. The molecule has 1 aromatic carbocycles. The smallest absolute Gasteiger partial charge is 0.267 e. The highest BCUT2D eigenvalue weighted by Gasteiger charge is 2.19. The number of H-pyrrole nitrogens is 1. The number of rotatable bonds is 5. The van der Waals surface area contributed by atoms with Gasteiger partial charge in [-0.15, -0.1) is 0 Å². The molecule has 3 rings (SSSR count). The lowest BCUT2D eigenvalue weighted by Crippen LogP contribution is -2.34. The molecule has 1 amide bonds. The second-order valence-electron chi connectivity index (χ2n) is 5.59. The van der Waals surface area contributed by atoms with E-state index in [1.807, 2.05) is 31.1 Å². The maximum Gasteiger partial charge on any atom is 0.267 e. The van der Waals surface area contributed by atoms with Gasteiger partial charge in [0.25, 0.3) is 5.91 Å². The molecule has 0 spiro atoms. The van der Waals surface area contributed by atoms with Crippen LogP contribution >= 0.6 is 0 Å². The van der Waals surface area contributed by atoms with Crippen LogP contribution in [0, 0.1) is 5.82 Å². The second kappa shape index (κ2) is 6.26. The van der Waals surface area contributed by atoms with Crippen LogP contribution in [0.4, 0.5) is 4.39 Å². The summed E-state index contributed by atoms with van der Waals surface area (Å²) in [6.07, 6.45) is 1.61. The third kappa shape index (κ3) is 3.12. The number of hydrogen-bond acceptors (Lipinski definition) is 3. The van der Waals surface area contributed by atoms with Crippen molar-refractivity contribution in [3.8, 4) is 0 Å². The van der Waals surface area contributed by atoms with Crippen molar-refractivity contribution >= 4 is 16.8 Å². The maximum atomic E-state index is 13.7. The Bertz CT molecular complexity index is 808. The van der Waals surface area contributed by atoms with E-state index in [4.69, 9.17) is 4.42 Å². The zero-order valence-corrected chi connectivity index (χ0v) is 13.0. The van der Waals surface area contributed by atoms with Gasteiger partial charge in [0.05, 0.1) is 12.3 Å². The number of nitrogens with one attached hydrogen (secondary N) is 2. The summed E-state index contributed by atoms with van der Waals surface area (Å²) in [5.74, 6) is 0.150. The Morgan fingerprint density at radius 2 is 2.17 bits per heavy atom. The predicted octanol–water partition coefficient (Wildman–Crippen LogP) is 2.93. The fourth-order valence-corrected chi connectivity index (χ4v) is 2.54. The Hall–Kier alpha value is -2.60. The zero-order valence-electron chi connectivity index (χ0n) is 13.0. The maximum absolute atomic E-state index is 13.7. The molecule has 23 heavy (non-hydrogen) atoms. The first-order chi connectivity index (χ1) is 11.1. The number of benzene rings is 1. The lowest BCUT2D eigenvalue weighted by molar-refractivity contribution is 0.0935. The average molecular weight is 315 g/mol. The van der Waals surface area contributed by atoms with Crippen LogP contribution in [0.25, 0.3) is 10.9 Å². The summed E-state index contributed by atoms with van der Waals surface area (Å²) < 4.78 is 19.1. The number of furan rings is 1. The van der Waals surface area contributed by atoms with Crippen LogP contribution in [-0.4, -0.2) is 36.4 Å².